The Morgan fingerprint density at radius 1 is 0.826 bits per heavy atom. The van der Waals surface area contributed by atoms with Crippen LogP contribution in [-0.2, 0) is 17.8 Å². The molecule has 1 aromatic carbocycles. The first-order valence-corrected chi connectivity index (χ1v) is 9.66. The van der Waals surface area contributed by atoms with Crippen LogP contribution in [0.1, 0.15) is 64.0 Å². The van der Waals surface area contributed by atoms with E-state index in [1.54, 1.807) is 0 Å². The summed E-state index contributed by atoms with van der Waals surface area (Å²) in [5.74, 6) is 3.81. The number of rotatable bonds is 4. The minimum Gasteiger partial charge on any atom is -0.373 e. The second-order valence-corrected chi connectivity index (χ2v) is 9.76. The van der Waals surface area contributed by atoms with Crippen molar-refractivity contribution in [2.75, 3.05) is 0 Å². The Hall–Kier alpha value is -0.820. The minimum absolute atomic E-state index is 0.360. The van der Waals surface area contributed by atoms with E-state index < -0.39 is 0 Å². The Kier molecular flexibility index (Phi) is 4.04. The molecule has 0 atom stereocenters. The molecule has 4 aliphatic carbocycles. The molecule has 23 heavy (non-hydrogen) atoms. The molecule has 0 spiro atoms. The predicted molar refractivity (Wildman–Crippen MR) is 95.2 cm³/mol. The standard InChI is InChI=1S/C22H32O/c1-22(2,3)13-15-4-6-16(7-5-15)14-23-21-19-9-17-8-18(11-19)12-20(21)10-17/h4-7,17-21H,8-14H2,1-3H3. The van der Waals surface area contributed by atoms with Gasteiger partial charge >= 0.3 is 0 Å². The zero-order valence-corrected chi connectivity index (χ0v) is 15.1. The van der Waals surface area contributed by atoms with Gasteiger partial charge in [-0.25, -0.2) is 0 Å². The maximum Gasteiger partial charge on any atom is 0.0720 e. The lowest BCUT2D eigenvalue weighted by molar-refractivity contribution is -0.132. The highest BCUT2D eigenvalue weighted by atomic mass is 16.5. The molecular formula is C22H32O. The molecule has 0 radical (unpaired) electrons. The van der Waals surface area contributed by atoms with Crippen molar-refractivity contribution in [2.24, 2.45) is 29.1 Å². The topological polar surface area (TPSA) is 9.23 Å². The van der Waals surface area contributed by atoms with Crippen molar-refractivity contribution in [3.05, 3.63) is 35.4 Å². The average molecular weight is 312 g/mol. The highest BCUT2D eigenvalue weighted by Gasteiger charge is 2.48. The molecule has 4 aliphatic rings. The molecular weight excluding hydrogens is 280 g/mol. The molecule has 0 N–H and O–H groups in total. The van der Waals surface area contributed by atoms with Crippen LogP contribution in [0.4, 0.5) is 0 Å². The molecule has 0 aromatic heterocycles. The van der Waals surface area contributed by atoms with E-state index in [1.807, 2.05) is 0 Å². The molecule has 4 saturated carbocycles. The number of hydrogen-bond acceptors (Lipinski definition) is 1. The van der Waals surface area contributed by atoms with Crippen LogP contribution in [-0.4, -0.2) is 6.10 Å². The number of hydrogen-bond donors (Lipinski definition) is 0. The zero-order valence-electron chi connectivity index (χ0n) is 15.1. The van der Waals surface area contributed by atoms with Gasteiger partial charge in [0.1, 0.15) is 0 Å². The first-order valence-electron chi connectivity index (χ1n) is 9.66. The Morgan fingerprint density at radius 2 is 1.35 bits per heavy atom. The Bertz CT molecular complexity index is 508. The summed E-state index contributed by atoms with van der Waals surface area (Å²) in [6.07, 6.45) is 9.00. The van der Waals surface area contributed by atoms with E-state index in [-0.39, 0.29) is 0 Å². The Labute approximate surface area is 141 Å². The van der Waals surface area contributed by atoms with Gasteiger partial charge in [-0.05, 0) is 78.7 Å². The van der Waals surface area contributed by atoms with Gasteiger partial charge in [0.25, 0.3) is 0 Å². The van der Waals surface area contributed by atoms with E-state index in [9.17, 15) is 0 Å². The van der Waals surface area contributed by atoms with Gasteiger partial charge in [-0.3, -0.25) is 0 Å². The smallest absolute Gasteiger partial charge is 0.0720 e. The molecule has 126 valence electrons. The van der Waals surface area contributed by atoms with Gasteiger partial charge in [0, 0.05) is 0 Å². The fourth-order valence-corrected chi connectivity index (χ4v) is 5.71. The van der Waals surface area contributed by atoms with Gasteiger partial charge in [-0.15, -0.1) is 0 Å². The second-order valence-electron chi connectivity index (χ2n) is 9.76. The normalized spacial score (nSPS) is 35.7. The molecule has 4 bridgehead atoms. The lowest BCUT2D eigenvalue weighted by Gasteiger charge is -2.54. The van der Waals surface area contributed by atoms with Gasteiger partial charge in [-0.2, -0.15) is 0 Å². The lowest BCUT2D eigenvalue weighted by atomic mass is 9.55. The molecule has 1 heteroatoms. The molecule has 0 unspecified atom stereocenters. The van der Waals surface area contributed by atoms with Crippen LogP contribution in [0, 0.1) is 29.1 Å². The van der Waals surface area contributed by atoms with Crippen LogP contribution in [0.5, 0.6) is 0 Å². The average Bonchev–Trinajstić information content (AvgIpc) is 2.46. The highest BCUT2D eigenvalue weighted by Crippen LogP contribution is 2.54. The van der Waals surface area contributed by atoms with Gasteiger partial charge in [0.05, 0.1) is 12.7 Å². The van der Waals surface area contributed by atoms with Crippen LogP contribution in [0.25, 0.3) is 0 Å². The lowest BCUT2D eigenvalue weighted by Crippen LogP contribution is -2.49. The monoisotopic (exact) mass is 312 g/mol. The van der Waals surface area contributed by atoms with Crippen molar-refractivity contribution in [1.82, 2.24) is 0 Å². The SMILES string of the molecule is CC(C)(C)Cc1ccc(COC2C3CC4CC(C3)CC2C4)cc1. The second kappa shape index (κ2) is 5.92. The summed E-state index contributed by atoms with van der Waals surface area (Å²) in [5, 5.41) is 0. The fraction of sp³-hybridized carbons (Fsp3) is 0.727. The summed E-state index contributed by atoms with van der Waals surface area (Å²) in [7, 11) is 0. The summed E-state index contributed by atoms with van der Waals surface area (Å²) >= 11 is 0. The van der Waals surface area contributed by atoms with Crippen molar-refractivity contribution >= 4 is 0 Å². The number of ether oxygens (including phenoxy) is 1. The molecule has 4 fully saturated rings. The molecule has 0 saturated heterocycles. The largest absolute Gasteiger partial charge is 0.373 e. The van der Waals surface area contributed by atoms with Crippen LogP contribution in [0.3, 0.4) is 0 Å². The molecule has 0 heterocycles. The Balaban J connectivity index is 1.34. The van der Waals surface area contributed by atoms with E-state index in [4.69, 9.17) is 4.74 Å². The summed E-state index contributed by atoms with van der Waals surface area (Å²) in [4.78, 5) is 0. The summed E-state index contributed by atoms with van der Waals surface area (Å²) in [6, 6.07) is 9.13. The van der Waals surface area contributed by atoms with Crippen molar-refractivity contribution in [3.63, 3.8) is 0 Å². The quantitative estimate of drug-likeness (QED) is 0.701. The van der Waals surface area contributed by atoms with Gasteiger partial charge < -0.3 is 4.74 Å². The van der Waals surface area contributed by atoms with Crippen LogP contribution < -0.4 is 0 Å². The summed E-state index contributed by atoms with van der Waals surface area (Å²) in [6.45, 7) is 7.71. The maximum atomic E-state index is 6.45. The molecule has 5 rings (SSSR count). The van der Waals surface area contributed by atoms with Crippen molar-refractivity contribution in [1.29, 1.82) is 0 Å². The van der Waals surface area contributed by atoms with Crippen LogP contribution >= 0.6 is 0 Å². The third-order valence-electron chi connectivity index (χ3n) is 6.34. The minimum atomic E-state index is 0.360. The molecule has 0 amide bonds. The number of benzene rings is 1. The van der Waals surface area contributed by atoms with Crippen LogP contribution in [0.2, 0.25) is 0 Å². The highest BCUT2D eigenvalue weighted by molar-refractivity contribution is 5.23. The van der Waals surface area contributed by atoms with E-state index in [0.29, 0.717) is 11.5 Å². The van der Waals surface area contributed by atoms with E-state index in [1.165, 1.54) is 43.2 Å². The van der Waals surface area contributed by atoms with Gasteiger partial charge in [-0.1, -0.05) is 45.0 Å². The fourth-order valence-electron chi connectivity index (χ4n) is 5.71. The first-order chi connectivity index (χ1) is 11.0. The summed E-state index contributed by atoms with van der Waals surface area (Å²) < 4.78 is 6.45. The molecule has 1 aromatic rings. The van der Waals surface area contributed by atoms with Crippen LogP contribution in [0.15, 0.2) is 24.3 Å². The summed E-state index contributed by atoms with van der Waals surface area (Å²) in [5.41, 5.74) is 3.14. The first kappa shape index (κ1) is 15.7. The van der Waals surface area contributed by atoms with Crippen molar-refractivity contribution in [2.45, 2.75) is 72.0 Å². The van der Waals surface area contributed by atoms with Gasteiger partial charge in [0.15, 0.2) is 0 Å². The predicted octanol–water partition coefficient (Wildman–Crippen LogP) is 5.62. The van der Waals surface area contributed by atoms with E-state index in [0.717, 1.165) is 36.7 Å². The molecule has 0 aliphatic heterocycles. The molecule has 1 nitrogen and oxygen atoms in total. The Morgan fingerprint density at radius 3 is 1.87 bits per heavy atom. The third-order valence-corrected chi connectivity index (χ3v) is 6.34. The van der Waals surface area contributed by atoms with Crippen molar-refractivity contribution in [3.8, 4) is 0 Å². The van der Waals surface area contributed by atoms with E-state index in [2.05, 4.69) is 45.0 Å². The van der Waals surface area contributed by atoms with E-state index >= 15 is 0 Å². The van der Waals surface area contributed by atoms with Gasteiger partial charge in [0.2, 0.25) is 0 Å². The van der Waals surface area contributed by atoms with Crippen molar-refractivity contribution < 1.29 is 4.74 Å². The third kappa shape index (κ3) is 3.50. The maximum absolute atomic E-state index is 6.45. The zero-order chi connectivity index (χ0) is 16.0.